The molecule has 0 N–H and O–H groups in total. The van der Waals surface area contributed by atoms with Crippen molar-refractivity contribution >= 4 is 45.6 Å². The summed E-state index contributed by atoms with van der Waals surface area (Å²) in [7, 11) is 0. The van der Waals surface area contributed by atoms with Gasteiger partial charge in [-0.2, -0.15) is 0 Å². The van der Waals surface area contributed by atoms with E-state index >= 15 is 0 Å². The van der Waals surface area contributed by atoms with E-state index in [1.807, 2.05) is 11.3 Å². The first-order valence-electron chi connectivity index (χ1n) is 4.87. The first kappa shape index (κ1) is 9.60. The van der Waals surface area contributed by atoms with Crippen molar-refractivity contribution in [1.82, 2.24) is 0 Å². The Morgan fingerprint density at radius 1 is 1.07 bits per heavy atom. The molecule has 0 bridgehead atoms. The van der Waals surface area contributed by atoms with Crippen LogP contribution in [0.4, 0.5) is 0 Å². The molecule has 15 heavy (non-hydrogen) atoms. The Hall–Kier alpha value is -0.610. The second-order valence-corrected chi connectivity index (χ2v) is 6.63. The molecule has 0 fully saturated rings. The summed E-state index contributed by atoms with van der Waals surface area (Å²) in [6.07, 6.45) is 3.41. The number of rotatable bonds is 1. The van der Waals surface area contributed by atoms with Gasteiger partial charge in [0.05, 0.1) is 2.88 Å². The van der Waals surface area contributed by atoms with Gasteiger partial charge in [-0.3, -0.25) is 0 Å². The minimum Gasteiger partial charge on any atom is -0.130 e. The Morgan fingerprint density at radius 3 is 2.67 bits per heavy atom. The van der Waals surface area contributed by atoms with Crippen LogP contribution >= 0.6 is 33.9 Å². The molecule has 1 aromatic carbocycles. The summed E-state index contributed by atoms with van der Waals surface area (Å²) in [4.78, 5) is 1.41. The topological polar surface area (TPSA) is 0 Å². The first-order chi connectivity index (χ1) is 7.33. The van der Waals surface area contributed by atoms with Gasteiger partial charge in [0.2, 0.25) is 0 Å². The zero-order valence-corrected chi connectivity index (χ0v) is 11.0. The van der Waals surface area contributed by atoms with Gasteiger partial charge in [0.15, 0.2) is 0 Å². The van der Waals surface area contributed by atoms with Crippen molar-refractivity contribution in [2.24, 2.45) is 0 Å². The first-order valence-corrected chi connectivity index (χ1v) is 6.76. The minimum absolute atomic E-state index is 1.09. The highest BCUT2D eigenvalue weighted by atomic mass is 127. The maximum atomic E-state index is 2.38. The number of thiophene rings is 1. The summed E-state index contributed by atoms with van der Waals surface area (Å²) < 4.78 is 1.36. The van der Waals surface area contributed by atoms with Gasteiger partial charge < -0.3 is 0 Å². The molecule has 0 nitrogen and oxygen atoms in total. The molecule has 0 atom stereocenters. The predicted molar refractivity (Wildman–Crippen MR) is 75.1 cm³/mol. The van der Waals surface area contributed by atoms with Gasteiger partial charge in [0.25, 0.3) is 0 Å². The molecule has 3 rings (SSSR count). The number of hydrogen-bond acceptors (Lipinski definition) is 1. The van der Waals surface area contributed by atoms with Crippen LogP contribution in [0.2, 0.25) is 0 Å². The van der Waals surface area contributed by atoms with Crippen LogP contribution in [0.1, 0.15) is 16.0 Å². The van der Waals surface area contributed by atoms with Gasteiger partial charge in [0.1, 0.15) is 0 Å². The molecule has 74 valence electrons. The van der Waals surface area contributed by atoms with Crippen LogP contribution in [0.25, 0.3) is 11.6 Å². The fourth-order valence-corrected chi connectivity index (χ4v) is 3.56. The average molecular weight is 324 g/mol. The number of benzene rings is 1. The number of allylic oxidation sites excluding steroid dienone is 1. The van der Waals surface area contributed by atoms with Crippen LogP contribution in [0.15, 0.2) is 36.4 Å². The highest BCUT2D eigenvalue weighted by Gasteiger charge is 2.14. The van der Waals surface area contributed by atoms with E-state index < -0.39 is 0 Å². The zero-order chi connectivity index (χ0) is 10.3. The van der Waals surface area contributed by atoms with E-state index in [0.717, 1.165) is 6.42 Å². The van der Waals surface area contributed by atoms with E-state index in [2.05, 4.69) is 65.1 Å². The fourth-order valence-electron chi connectivity index (χ4n) is 1.93. The van der Waals surface area contributed by atoms with Gasteiger partial charge in [-0.15, -0.1) is 11.3 Å². The standard InChI is InChI=1S/C13H9IS/c14-13-6-5-12(15-13)11-7-9-3-1-2-4-10(9)8-11/h1-7H,8H2. The molecule has 1 aromatic heterocycles. The third-order valence-electron chi connectivity index (χ3n) is 2.66. The highest BCUT2D eigenvalue weighted by Crippen LogP contribution is 2.34. The third-order valence-corrected chi connectivity index (χ3v) is 4.62. The van der Waals surface area contributed by atoms with Crippen molar-refractivity contribution in [2.45, 2.75) is 6.42 Å². The molecule has 1 aliphatic carbocycles. The summed E-state index contributed by atoms with van der Waals surface area (Å²) >= 11 is 4.25. The fraction of sp³-hybridized carbons (Fsp3) is 0.0769. The largest absolute Gasteiger partial charge is 0.130 e. The molecule has 0 saturated heterocycles. The molecule has 0 spiro atoms. The van der Waals surface area contributed by atoms with E-state index in [9.17, 15) is 0 Å². The Balaban J connectivity index is 2.01. The van der Waals surface area contributed by atoms with Gasteiger partial charge in [-0.05, 0) is 63.9 Å². The number of hydrogen-bond donors (Lipinski definition) is 0. The molecule has 2 heteroatoms. The van der Waals surface area contributed by atoms with Crippen LogP contribution in [0.3, 0.4) is 0 Å². The van der Waals surface area contributed by atoms with E-state index in [1.54, 1.807) is 0 Å². The van der Waals surface area contributed by atoms with Crippen molar-refractivity contribution in [2.75, 3.05) is 0 Å². The van der Waals surface area contributed by atoms with Crippen molar-refractivity contribution in [3.63, 3.8) is 0 Å². The van der Waals surface area contributed by atoms with Crippen molar-refractivity contribution in [3.05, 3.63) is 55.3 Å². The maximum absolute atomic E-state index is 2.38. The smallest absolute Gasteiger partial charge is 0.0659 e. The van der Waals surface area contributed by atoms with E-state index in [4.69, 9.17) is 0 Å². The summed E-state index contributed by atoms with van der Waals surface area (Å²) in [5, 5.41) is 0. The highest BCUT2D eigenvalue weighted by molar-refractivity contribution is 14.1. The van der Waals surface area contributed by atoms with E-state index in [-0.39, 0.29) is 0 Å². The average Bonchev–Trinajstić information content (AvgIpc) is 2.82. The predicted octanol–water partition coefficient (Wildman–Crippen LogP) is 4.45. The van der Waals surface area contributed by atoms with Crippen LogP contribution in [0.5, 0.6) is 0 Å². The molecule has 0 aliphatic heterocycles. The normalized spacial score (nSPS) is 13.8. The molecular weight excluding hydrogens is 315 g/mol. The van der Waals surface area contributed by atoms with Crippen LogP contribution in [-0.2, 0) is 6.42 Å². The second kappa shape index (κ2) is 3.76. The second-order valence-electron chi connectivity index (χ2n) is 3.65. The Labute approximate surface area is 107 Å². The van der Waals surface area contributed by atoms with Gasteiger partial charge in [-0.25, -0.2) is 0 Å². The van der Waals surface area contributed by atoms with Crippen molar-refractivity contribution < 1.29 is 0 Å². The molecule has 0 unspecified atom stereocenters. The lowest BCUT2D eigenvalue weighted by molar-refractivity contribution is 1.33. The number of halogens is 1. The SMILES string of the molecule is Ic1ccc(C2=Cc3ccccc3C2)s1. The Bertz CT molecular complexity index is 537. The molecule has 0 amide bonds. The quantitative estimate of drug-likeness (QED) is 0.680. The molecule has 1 heterocycles. The van der Waals surface area contributed by atoms with Crippen LogP contribution < -0.4 is 0 Å². The molecule has 2 aromatic rings. The van der Waals surface area contributed by atoms with Gasteiger partial charge >= 0.3 is 0 Å². The van der Waals surface area contributed by atoms with Crippen molar-refractivity contribution in [3.8, 4) is 0 Å². The summed E-state index contributed by atoms with van der Waals surface area (Å²) in [6, 6.07) is 13.1. The van der Waals surface area contributed by atoms with E-state index in [1.165, 1.54) is 24.5 Å². The lowest BCUT2D eigenvalue weighted by Crippen LogP contribution is -1.81. The molecular formula is C13H9IS. The molecule has 0 radical (unpaired) electrons. The molecule has 1 aliphatic rings. The molecule has 0 saturated carbocycles. The number of fused-ring (bicyclic) bond motifs is 1. The Kier molecular flexibility index (Phi) is 2.41. The lowest BCUT2D eigenvalue weighted by Gasteiger charge is -1.97. The van der Waals surface area contributed by atoms with Crippen molar-refractivity contribution in [1.29, 1.82) is 0 Å². The van der Waals surface area contributed by atoms with Crippen LogP contribution in [-0.4, -0.2) is 0 Å². The Morgan fingerprint density at radius 2 is 1.93 bits per heavy atom. The van der Waals surface area contributed by atoms with E-state index in [0.29, 0.717) is 0 Å². The summed E-state index contributed by atoms with van der Waals surface area (Å²) in [5.41, 5.74) is 4.30. The minimum atomic E-state index is 1.09. The van der Waals surface area contributed by atoms with Gasteiger partial charge in [0, 0.05) is 4.88 Å². The zero-order valence-electron chi connectivity index (χ0n) is 8.03. The summed E-state index contributed by atoms with van der Waals surface area (Å²) in [5.74, 6) is 0. The summed E-state index contributed by atoms with van der Waals surface area (Å²) in [6.45, 7) is 0. The maximum Gasteiger partial charge on any atom is 0.0659 e. The third kappa shape index (κ3) is 1.76. The van der Waals surface area contributed by atoms with Crippen LogP contribution in [0, 0.1) is 2.88 Å². The lowest BCUT2D eigenvalue weighted by atomic mass is 10.1. The van der Waals surface area contributed by atoms with Gasteiger partial charge in [-0.1, -0.05) is 24.3 Å². The monoisotopic (exact) mass is 324 g/mol.